The van der Waals surface area contributed by atoms with E-state index in [1.54, 1.807) is 24.3 Å². The van der Waals surface area contributed by atoms with Gasteiger partial charge in [0.25, 0.3) is 5.91 Å². The highest BCUT2D eigenvalue weighted by atomic mass is 19.1. The lowest BCUT2D eigenvalue weighted by Crippen LogP contribution is -2.34. The van der Waals surface area contributed by atoms with E-state index in [2.05, 4.69) is 20.8 Å². The van der Waals surface area contributed by atoms with E-state index in [4.69, 9.17) is 0 Å². The number of aliphatic hydroxyl groups excluding tert-OH is 1. The van der Waals surface area contributed by atoms with Gasteiger partial charge in [0.2, 0.25) is 0 Å². The second-order valence-corrected chi connectivity index (χ2v) is 5.58. The van der Waals surface area contributed by atoms with Gasteiger partial charge >= 0.3 is 0 Å². The maximum absolute atomic E-state index is 13.6. The summed E-state index contributed by atoms with van der Waals surface area (Å²) >= 11 is 0. The van der Waals surface area contributed by atoms with Gasteiger partial charge < -0.3 is 10.4 Å². The molecule has 3 aromatic rings. The molecule has 0 fully saturated rings. The molecule has 0 saturated heterocycles. The van der Waals surface area contributed by atoms with Crippen molar-refractivity contribution in [2.24, 2.45) is 0 Å². The van der Waals surface area contributed by atoms with Gasteiger partial charge in [-0.05, 0) is 34.2 Å². The maximum Gasteiger partial charge on any atom is 0.253 e. The fourth-order valence-corrected chi connectivity index (χ4v) is 2.46. The van der Waals surface area contributed by atoms with Crippen LogP contribution in [0.2, 0.25) is 0 Å². The highest BCUT2D eigenvalue weighted by molar-refractivity contribution is 5.97. The Hall–Kier alpha value is -3.20. The molecule has 3 rings (SSSR count). The molecule has 1 aromatic heterocycles. The summed E-state index contributed by atoms with van der Waals surface area (Å²) in [5, 5.41) is 23.4. The first-order valence-corrected chi connectivity index (χ1v) is 7.77. The Morgan fingerprint density at radius 1 is 1.23 bits per heavy atom. The Bertz CT molecular complexity index is 902. The minimum atomic E-state index is -1.03. The third kappa shape index (κ3) is 4.06. The zero-order valence-electron chi connectivity index (χ0n) is 13.5. The molecule has 26 heavy (non-hydrogen) atoms. The van der Waals surface area contributed by atoms with Crippen LogP contribution in [0, 0.1) is 11.6 Å². The number of para-hydroxylation sites is 1. The maximum atomic E-state index is 13.6. The normalized spacial score (nSPS) is 12.0. The van der Waals surface area contributed by atoms with E-state index >= 15 is 0 Å². The number of nitrogens with one attached hydrogen (secondary N) is 1. The van der Waals surface area contributed by atoms with Crippen molar-refractivity contribution in [2.75, 3.05) is 6.54 Å². The Morgan fingerprint density at radius 3 is 2.77 bits per heavy atom. The lowest BCUT2D eigenvalue weighted by atomic mass is 10.1. The molecule has 1 unspecified atom stereocenters. The van der Waals surface area contributed by atoms with E-state index < -0.39 is 23.6 Å². The minimum absolute atomic E-state index is 0.0545. The van der Waals surface area contributed by atoms with Gasteiger partial charge in [0.05, 0.1) is 17.4 Å². The Balaban J connectivity index is 1.64. The van der Waals surface area contributed by atoms with Gasteiger partial charge in [-0.3, -0.25) is 4.79 Å². The molecule has 1 heterocycles. The first kappa shape index (κ1) is 17.6. The molecule has 0 spiro atoms. The number of carbonyl (C=O) groups is 1. The second-order valence-electron chi connectivity index (χ2n) is 5.58. The zero-order chi connectivity index (χ0) is 18.5. The van der Waals surface area contributed by atoms with Crippen molar-refractivity contribution >= 4 is 5.91 Å². The number of amides is 1. The summed E-state index contributed by atoms with van der Waals surface area (Å²) in [4.78, 5) is 12.4. The van der Waals surface area contributed by atoms with Crippen LogP contribution in [-0.2, 0) is 6.42 Å². The van der Waals surface area contributed by atoms with Crippen LogP contribution < -0.4 is 5.32 Å². The number of tetrazole rings is 1. The Morgan fingerprint density at radius 2 is 2.04 bits per heavy atom. The first-order chi connectivity index (χ1) is 12.5. The smallest absolute Gasteiger partial charge is 0.253 e. The number of aromatic nitrogens is 4. The first-order valence-electron chi connectivity index (χ1n) is 7.77. The van der Waals surface area contributed by atoms with Crippen molar-refractivity contribution in [1.29, 1.82) is 0 Å². The number of aliphatic hydroxyl groups is 1. The molecule has 2 N–H and O–H groups in total. The van der Waals surface area contributed by atoms with Crippen LogP contribution in [0.15, 0.2) is 48.8 Å². The zero-order valence-corrected chi connectivity index (χ0v) is 13.5. The highest BCUT2D eigenvalue weighted by Crippen LogP contribution is 2.14. The summed E-state index contributed by atoms with van der Waals surface area (Å²) in [6.07, 6.45) is 0.276. The summed E-state index contributed by atoms with van der Waals surface area (Å²) in [6, 6.07) is 9.83. The average Bonchev–Trinajstić information content (AvgIpc) is 3.16. The third-order valence-electron chi connectivity index (χ3n) is 3.71. The van der Waals surface area contributed by atoms with E-state index in [1.165, 1.54) is 17.1 Å². The molecule has 134 valence electrons. The van der Waals surface area contributed by atoms with Crippen LogP contribution in [0.3, 0.4) is 0 Å². The minimum Gasteiger partial charge on any atom is -0.391 e. The van der Waals surface area contributed by atoms with Gasteiger partial charge in [0.15, 0.2) is 0 Å². The van der Waals surface area contributed by atoms with Gasteiger partial charge in [-0.2, -0.15) is 4.68 Å². The van der Waals surface area contributed by atoms with Crippen LogP contribution in [-0.4, -0.2) is 43.9 Å². The largest absolute Gasteiger partial charge is 0.391 e. The summed E-state index contributed by atoms with van der Waals surface area (Å²) in [7, 11) is 0. The third-order valence-corrected chi connectivity index (χ3v) is 3.71. The molecule has 0 aliphatic rings. The van der Waals surface area contributed by atoms with Crippen molar-refractivity contribution in [3.8, 4) is 5.69 Å². The van der Waals surface area contributed by atoms with Gasteiger partial charge in [-0.1, -0.05) is 18.2 Å². The van der Waals surface area contributed by atoms with E-state index in [0.29, 0.717) is 11.3 Å². The standard InChI is InChI=1S/C17H15F2N5O2/c18-12-6-5-11(15(19)8-12)7-13(25)9-20-17(26)14-3-1-2-4-16(14)24-10-21-22-23-24/h1-6,8,10,13,25H,7,9H2,(H,20,26). The molecule has 0 aliphatic carbocycles. The van der Waals surface area contributed by atoms with Crippen molar-refractivity contribution < 1.29 is 18.7 Å². The summed E-state index contributed by atoms with van der Waals surface area (Å²) in [5.74, 6) is -1.86. The fourth-order valence-electron chi connectivity index (χ4n) is 2.46. The molecular formula is C17H15F2N5O2. The molecule has 1 amide bonds. The van der Waals surface area contributed by atoms with Gasteiger partial charge in [0.1, 0.15) is 18.0 Å². The molecule has 7 nitrogen and oxygen atoms in total. The SMILES string of the molecule is O=C(NCC(O)Cc1ccc(F)cc1F)c1ccccc1-n1cnnn1. The predicted molar refractivity (Wildman–Crippen MR) is 87.6 cm³/mol. The lowest BCUT2D eigenvalue weighted by molar-refractivity contribution is 0.0915. The lowest BCUT2D eigenvalue weighted by Gasteiger charge is -2.14. The van der Waals surface area contributed by atoms with Crippen LogP contribution in [0.4, 0.5) is 8.78 Å². The van der Waals surface area contributed by atoms with Crippen molar-refractivity contribution in [3.05, 3.63) is 71.6 Å². The van der Waals surface area contributed by atoms with E-state index in [9.17, 15) is 18.7 Å². The Kier molecular flexibility index (Phi) is 5.28. The van der Waals surface area contributed by atoms with E-state index in [-0.39, 0.29) is 18.5 Å². The molecular weight excluding hydrogens is 344 g/mol. The molecule has 0 radical (unpaired) electrons. The molecule has 1 atom stereocenters. The predicted octanol–water partition coefficient (Wildman–Crippen LogP) is 1.27. The molecule has 0 aliphatic heterocycles. The van der Waals surface area contributed by atoms with Gasteiger partial charge in [0, 0.05) is 19.0 Å². The number of halogens is 2. The number of benzene rings is 2. The molecule has 0 saturated carbocycles. The van der Waals surface area contributed by atoms with Gasteiger partial charge in [-0.15, -0.1) is 5.10 Å². The fraction of sp³-hybridized carbons (Fsp3) is 0.176. The Labute approximate surface area is 147 Å². The summed E-state index contributed by atoms with van der Waals surface area (Å²) in [5.41, 5.74) is 0.969. The van der Waals surface area contributed by atoms with Crippen LogP contribution in [0.25, 0.3) is 5.69 Å². The second kappa shape index (κ2) is 7.79. The van der Waals surface area contributed by atoms with Crippen LogP contribution in [0.5, 0.6) is 0 Å². The van der Waals surface area contributed by atoms with Crippen molar-refractivity contribution in [1.82, 2.24) is 25.5 Å². The number of carbonyl (C=O) groups excluding carboxylic acids is 1. The number of rotatable bonds is 6. The summed E-state index contributed by atoms with van der Waals surface area (Å²) in [6.45, 7) is -0.0976. The molecule has 0 bridgehead atoms. The van der Waals surface area contributed by atoms with Gasteiger partial charge in [-0.25, -0.2) is 8.78 Å². The number of hydrogen-bond acceptors (Lipinski definition) is 5. The molecule has 2 aromatic carbocycles. The summed E-state index contributed by atoms with van der Waals surface area (Å²) < 4.78 is 27.9. The van der Waals surface area contributed by atoms with Crippen molar-refractivity contribution in [2.45, 2.75) is 12.5 Å². The van der Waals surface area contributed by atoms with E-state index in [0.717, 1.165) is 12.1 Å². The monoisotopic (exact) mass is 359 g/mol. The topological polar surface area (TPSA) is 92.9 Å². The van der Waals surface area contributed by atoms with E-state index in [1.807, 2.05) is 0 Å². The quantitative estimate of drug-likeness (QED) is 0.692. The highest BCUT2D eigenvalue weighted by Gasteiger charge is 2.16. The average molecular weight is 359 g/mol. The number of nitrogens with zero attached hydrogens (tertiary/aromatic N) is 4. The van der Waals surface area contributed by atoms with Crippen LogP contribution in [0.1, 0.15) is 15.9 Å². The van der Waals surface area contributed by atoms with Crippen molar-refractivity contribution in [3.63, 3.8) is 0 Å². The molecule has 9 heteroatoms. The van der Waals surface area contributed by atoms with Crippen LogP contribution >= 0.6 is 0 Å². The number of hydrogen-bond donors (Lipinski definition) is 2.